The van der Waals surface area contributed by atoms with Crippen molar-refractivity contribution in [3.63, 3.8) is 0 Å². The summed E-state index contributed by atoms with van der Waals surface area (Å²) in [6.07, 6.45) is 0. The van der Waals surface area contributed by atoms with Gasteiger partial charge >= 0.3 is 5.97 Å². The molecular formula is C8H16O3Si. The molecule has 0 aromatic heterocycles. The van der Waals surface area contributed by atoms with Gasteiger partial charge in [0.15, 0.2) is 0 Å². The number of rotatable bonds is 4. The Morgan fingerprint density at radius 1 is 1.58 bits per heavy atom. The van der Waals surface area contributed by atoms with Gasteiger partial charge in [-0.2, -0.15) is 0 Å². The van der Waals surface area contributed by atoms with Crippen molar-refractivity contribution in [2.75, 3.05) is 6.61 Å². The molecule has 70 valence electrons. The SMILES string of the molecule is C=C(C)C(=O)OCC(C)(C)O[SiH3]. The lowest BCUT2D eigenvalue weighted by atomic mass is 10.2. The summed E-state index contributed by atoms with van der Waals surface area (Å²) in [6, 6.07) is 0. The van der Waals surface area contributed by atoms with Crippen LogP contribution in [0.15, 0.2) is 12.2 Å². The smallest absolute Gasteiger partial charge is 0.333 e. The van der Waals surface area contributed by atoms with Crippen LogP contribution in [0.4, 0.5) is 0 Å². The van der Waals surface area contributed by atoms with Crippen LogP contribution in [0.25, 0.3) is 0 Å². The van der Waals surface area contributed by atoms with E-state index in [0.717, 1.165) is 0 Å². The van der Waals surface area contributed by atoms with Gasteiger partial charge in [0.2, 0.25) is 0 Å². The quantitative estimate of drug-likeness (QED) is 0.359. The molecule has 0 aliphatic carbocycles. The summed E-state index contributed by atoms with van der Waals surface area (Å²) in [5, 5.41) is 0. The van der Waals surface area contributed by atoms with Gasteiger partial charge in [0.05, 0.1) is 5.60 Å². The van der Waals surface area contributed by atoms with E-state index < -0.39 is 0 Å². The van der Waals surface area contributed by atoms with Crippen molar-refractivity contribution in [1.29, 1.82) is 0 Å². The van der Waals surface area contributed by atoms with Crippen LogP contribution in [0.5, 0.6) is 0 Å². The van der Waals surface area contributed by atoms with Gasteiger partial charge in [-0.05, 0) is 20.8 Å². The molecule has 0 amide bonds. The molecule has 0 heterocycles. The van der Waals surface area contributed by atoms with Crippen LogP contribution in [0.1, 0.15) is 20.8 Å². The Hall–Kier alpha value is -0.613. The summed E-state index contributed by atoms with van der Waals surface area (Å²) in [7, 11) is 0.640. The highest BCUT2D eigenvalue weighted by Crippen LogP contribution is 2.08. The Bertz CT molecular complexity index is 187. The fourth-order valence-corrected chi connectivity index (χ4v) is 0.539. The summed E-state index contributed by atoms with van der Waals surface area (Å²) < 4.78 is 10.1. The molecular weight excluding hydrogens is 172 g/mol. The molecule has 4 heteroatoms. The molecule has 0 bridgehead atoms. The van der Waals surface area contributed by atoms with Gasteiger partial charge in [-0.15, -0.1) is 0 Å². The molecule has 0 N–H and O–H groups in total. The van der Waals surface area contributed by atoms with Crippen molar-refractivity contribution in [1.82, 2.24) is 0 Å². The van der Waals surface area contributed by atoms with E-state index in [-0.39, 0.29) is 18.2 Å². The van der Waals surface area contributed by atoms with E-state index in [1.807, 2.05) is 13.8 Å². The topological polar surface area (TPSA) is 35.5 Å². The first-order valence-corrected chi connectivity index (χ1v) is 4.58. The van der Waals surface area contributed by atoms with Crippen LogP contribution in [0.3, 0.4) is 0 Å². The van der Waals surface area contributed by atoms with E-state index in [1.54, 1.807) is 6.92 Å². The summed E-state index contributed by atoms with van der Waals surface area (Å²) in [6.45, 7) is 9.14. The highest BCUT2D eigenvalue weighted by atomic mass is 28.2. The summed E-state index contributed by atoms with van der Waals surface area (Å²) >= 11 is 0. The van der Waals surface area contributed by atoms with Crippen LogP contribution in [0.2, 0.25) is 0 Å². The van der Waals surface area contributed by atoms with Crippen molar-refractivity contribution in [2.24, 2.45) is 0 Å². The van der Waals surface area contributed by atoms with Gasteiger partial charge in [0.1, 0.15) is 17.1 Å². The molecule has 0 aromatic carbocycles. The number of carbonyl (C=O) groups is 1. The van der Waals surface area contributed by atoms with E-state index in [0.29, 0.717) is 16.1 Å². The summed E-state index contributed by atoms with van der Waals surface area (Å²) in [4.78, 5) is 10.9. The van der Waals surface area contributed by atoms with E-state index in [9.17, 15) is 4.79 Å². The van der Waals surface area contributed by atoms with E-state index in [1.165, 1.54) is 0 Å². The standard InChI is InChI=1S/C8H16O3Si/c1-6(2)7(9)10-5-8(3,4)11-12/h1,5H2,2-4,12H3. The maximum absolute atomic E-state index is 10.9. The largest absolute Gasteiger partial charge is 0.459 e. The fraction of sp³-hybridized carbons (Fsp3) is 0.625. The Labute approximate surface area is 76.3 Å². The lowest BCUT2D eigenvalue weighted by molar-refractivity contribution is -0.143. The van der Waals surface area contributed by atoms with Crippen LogP contribution < -0.4 is 0 Å². The molecule has 0 radical (unpaired) electrons. The van der Waals surface area contributed by atoms with Crippen molar-refractivity contribution < 1.29 is 14.0 Å². The Balaban J connectivity index is 3.83. The first-order chi connectivity index (χ1) is 5.39. The maximum atomic E-state index is 10.9. The second kappa shape index (κ2) is 4.42. The average Bonchev–Trinajstić information content (AvgIpc) is 2.00. The molecule has 0 saturated carbocycles. The van der Waals surface area contributed by atoms with E-state index >= 15 is 0 Å². The minimum absolute atomic E-state index is 0.280. The van der Waals surface area contributed by atoms with E-state index in [2.05, 4.69) is 6.58 Å². The van der Waals surface area contributed by atoms with Crippen LogP contribution in [0, 0.1) is 0 Å². The third-order valence-electron chi connectivity index (χ3n) is 1.45. The van der Waals surface area contributed by atoms with Gasteiger partial charge < -0.3 is 9.16 Å². The van der Waals surface area contributed by atoms with E-state index in [4.69, 9.17) is 9.16 Å². The van der Waals surface area contributed by atoms with Gasteiger partial charge in [-0.3, -0.25) is 0 Å². The molecule has 0 aromatic rings. The second-order valence-corrected chi connectivity index (χ2v) is 3.73. The lowest BCUT2D eigenvalue weighted by Gasteiger charge is -2.22. The number of hydrogen-bond donors (Lipinski definition) is 0. The molecule has 0 saturated heterocycles. The zero-order valence-corrected chi connectivity index (χ0v) is 10.1. The van der Waals surface area contributed by atoms with Crippen LogP contribution >= 0.6 is 0 Å². The third-order valence-corrected chi connectivity index (χ3v) is 2.56. The fourth-order valence-electron chi connectivity index (χ4n) is 0.421. The van der Waals surface area contributed by atoms with Crippen LogP contribution in [-0.4, -0.2) is 28.7 Å². The number of ether oxygens (including phenoxy) is 1. The molecule has 12 heavy (non-hydrogen) atoms. The minimum Gasteiger partial charge on any atom is -0.459 e. The lowest BCUT2D eigenvalue weighted by Crippen LogP contribution is -2.31. The van der Waals surface area contributed by atoms with Gasteiger partial charge in [-0.1, -0.05) is 6.58 Å². The van der Waals surface area contributed by atoms with Crippen molar-refractivity contribution in [2.45, 2.75) is 26.4 Å². The van der Waals surface area contributed by atoms with Crippen molar-refractivity contribution in [3.05, 3.63) is 12.2 Å². The molecule has 0 spiro atoms. The Morgan fingerprint density at radius 2 is 2.08 bits per heavy atom. The molecule has 3 nitrogen and oxygen atoms in total. The predicted octanol–water partition coefficient (Wildman–Crippen LogP) is 0.181. The number of esters is 1. The average molecular weight is 188 g/mol. The second-order valence-electron chi connectivity index (χ2n) is 3.32. The molecule has 0 aliphatic rings. The maximum Gasteiger partial charge on any atom is 0.333 e. The first kappa shape index (κ1) is 11.4. The van der Waals surface area contributed by atoms with Crippen molar-refractivity contribution >= 4 is 16.5 Å². The number of hydrogen-bond acceptors (Lipinski definition) is 3. The van der Waals surface area contributed by atoms with Crippen molar-refractivity contribution in [3.8, 4) is 0 Å². The zero-order valence-electron chi connectivity index (χ0n) is 8.14. The monoisotopic (exact) mass is 188 g/mol. The predicted molar refractivity (Wildman–Crippen MR) is 50.9 cm³/mol. The zero-order chi connectivity index (χ0) is 9.78. The van der Waals surface area contributed by atoms with Gasteiger partial charge in [0, 0.05) is 5.57 Å². The molecule has 0 atom stereocenters. The highest BCUT2D eigenvalue weighted by molar-refractivity contribution is 5.98. The Morgan fingerprint density at radius 3 is 2.42 bits per heavy atom. The molecule has 0 aliphatic heterocycles. The molecule has 0 rings (SSSR count). The normalized spacial score (nSPS) is 11.2. The summed E-state index contributed by atoms with van der Waals surface area (Å²) in [5.74, 6) is -0.359. The summed E-state index contributed by atoms with van der Waals surface area (Å²) in [5.41, 5.74) is 0.0521. The highest BCUT2D eigenvalue weighted by Gasteiger charge is 2.18. The Kier molecular flexibility index (Phi) is 4.20. The molecule has 0 fully saturated rings. The third kappa shape index (κ3) is 4.30. The van der Waals surface area contributed by atoms with Gasteiger partial charge in [-0.25, -0.2) is 4.79 Å². The number of carbonyl (C=O) groups excluding carboxylic acids is 1. The van der Waals surface area contributed by atoms with Crippen LogP contribution in [-0.2, 0) is 14.0 Å². The minimum atomic E-state index is -0.364. The van der Waals surface area contributed by atoms with Gasteiger partial charge in [0.25, 0.3) is 0 Å². The first-order valence-electron chi connectivity index (χ1n) is 3.77. The molecule has 0 unspecified atom stereocenters.